The van der Waals surface area contributed by atoms with Gasteiger partial charge in [-0.1, -0.05) is 40.7 Å². The van der Waals surface area contributed by atoms with Crippen LogP contribution in [0.2, 0.25) is 0 Å². The lowest BCUT2D eigenvalue weighted by Crippen LogP contribution is -2.17. The molecule has 0 bridgehead atoms. The molecule has 2 rings (SSSR count). The van der Waals surface area contributed by atoms with E-state index in [2.05, 4.69) is 53.3 Å². The minimum Gasteiger partial charge on any atom is -0.468 e. The largest absolute Gasteiger partial charge is 0.468 e. The van der Waals surface area contributed by atoms with Crippen molar-refractivity contribution < 1.29 is 4.42 Å². The van der Waals surface area contributed by atoms with Crippen molar-refractivity contribution in [1.82, 2.24) is 5.32 Å². The van der Waals surface area contributed by atoms with Gasteiger partial charge in [-0.25, -0.2) is 0 Å². The monoisotopic (exact) mass is 339 g/mol. The summed E-state index contributed by atoms with van der Waals surface area (Å²) in [5.74, 6) is 0.964. The smallest absolute Gasteiger partial charge is 0.114 e. The van der Waals surface area contributed by atoms with Crippen molar-refractivity contribution in [3.63, 3.8) is 0 Å². The third kappa shape index (κ3) is 3.65. The molecule has 0 amide bonds. The molecule has 102 valence electrons. The van der Waals surface area contributed by atoms with E-state index in [0.29, 0.717) is 6.04 Å². The lowest BCUT2D eigenvalue weighted by atomic mass is 10.1. The fraction of sp³-hybridized carbons (Fsp3) is 0.333. The van der Waals surface area contributed by atoms with Crippen molar-refractivity contribution >= 4 is 27.7 Å². The zero-order valence-corrected chi connectivity index (χ0v) is 13.8. The minimum atomic E-state index is 0.356. The summed E-state index contributed by atoms with van der Waals surface area (Å²) in [6.45, 7) is 7.25. The first-order valence-electron chi connectivity index (χ1n) is 6.36. The lowest BCUT2D eigenvalue weighted by Gasteiger charge is -2.15. The van der Waals surface area contributed by atoms with Gasteiger partial charge < -0.3 is 9.73 Å². The van der Waals surface area contributed by atoms with E-state index in [-0.39, 0.29) is 0 Å². The Labute approximate surface area is 127 Å². The van der Waals surface area contributed by atoms with Gasteiger partial charge >= 0.3 is 0 Å². The summed E-state index contributed by atoms with van der Waals surface area (Å²) >= 11 is 5.39. The Kier molecular flexibility index (Phi) is 5.13. The molecule has 1 aromatic carbocycles. The highest BCUT2D eigenvalue weighted by atomic mass is 79.9. The summed E-state index contributed by atoms with van der Waals surface area (Å²) in [5, 5.41) is 3.42. The Balaban J connectivity index is 2.17. The van der Waals surface area contributed by atoms with E-state index < -0.39 is 0 Å². The molecule has 1 N–H and O–H groups in total. The second-order valence-electron chi connectivity index (χ2n) is 4.41. The molecule has 0 spiro atoms. The molecule has 0 saturated heterocycles. The number of furan rings is 1. The van der Waals surface area contributed by atoms with E-state index in [9.17, 15) is 0 Å². The van der Waals surface area contributed by atoms with Gasteiger partial charge in [-0.3, -0.25) is 0 Å². The summed E-state index contributed by atoms with van der Waals surface area (Å²) in [6.07, 6.45) is 1.73. The summed E-state index contributed by atoms with van der Waals surface area (Å²) in [6, 6.07) is 8.86. The Morgan fingerprint density at radius 1 is 1.37 bits per heavy atom. The third-order valence-corrected chi connectivity index (χ3v) is 4.81. The molecule has 1 heterocycles. The van der Waals surface area contributed by atoms with E-state index in [1.165, 1.54) is 15.4 Å². The maximum atomic E-state index is 5.32. The zero-order chi connectivity index (χ0) is 13.8. The number of nitrogens with one attached hydrogen (secondary N) is 1. The zero-order valence-electron chi connectivity index (χ0n) is 11.4. The fourth-order valence-electron chi connectivity index (χ4n) is 1.94. The molecule has 0 radical (unpaired) electrons. The van der Waals surface area contributed by atoms with Gasteiger partial charge in [0.25, 0.3) is 0 Å². The fourth-order valence-corrected chi connectivity index (χ4v) is 3.70. The summed E-state index contributed by atoms with van der Waals surface area (Å²) in [5.41, 5.74) is 1.29. The highest BCUT2D eigenvalue weighted by Crippen LogP contribution is 2.34. The molecule has 19 heavy (non-hydrogen) atoms. The molecule has 0 aliphatic rings. The van der Waals surface area contributed by atoms with E-state index in [4.69, 9.17) is 4.42 Å². The van der Waals surface area contributed by atoms with Crippen LogP contribution in [0.4, 0.5) is 0 Å². The molecule has 0 saturated carbocycles. The van der Waals surface area contributed by atoms with Gasteiger partial charge in [-0.15, -0.1) is 0 Å². The van der Waals surface area contributed by atoms with Crippen molar-refractivity contribution in [1.29, 1.82) is 0 Å². The number of benzene rings is 1. The van der Waals surface area contributed by atoms with Gasteiger partial charge in [-0.2, -0.15) is 0 Å². The first-order chi connectivity index (χ1) is 9.11. The van der Waals surface area contributed by atoms with Crippen LogP contribution >= 0.6 is 27.7 Å². The maximum absolute atomic E-state index is 5.32. The van der Waals surface area contributed by atoms with Crippen molar-refractivity contribution in [2.75, 3.05) is 6.54 Å². The molecule has 1 aromatic heterocycles. The highest BCUT2D eigenvalue weighted by molar-refractivity contribution is 9.10. The Bertz CT molecular complexity index is 553. The van der Waals surface area contributed by atoms with Crippen molar-refractivity contribution in [3.05, 3.63) is 46.3 Å². The van der Waals surface area contributed by atoms with Crippen LogP contribution in [0.15, 0.2) is 49.2 Å². The Morgan fingerprint density at radius 2 is 2.16 bits per heavy atom. The molecule has 1 atom stereocenters. The Morgan fingerprint density at radius 3 is 2.74 bits per heavy atom. The minimum absolute atomic E-state index is 0.356. The van der Waals surface area contributed by atoms with Crippen molar-refractivity contribution in [2.45, 2.75) is 36.6 Å². The number of aryl methyl sites for hydroxylation is 1. The van der Waals surface area contributed by atoms with Gasteiger partial charge in [0.05, 0.1) is 11.2 Å². The number of hydrogen-bond donors (Lipinski definition) is 1. The van der Waals surface area contributed by atoms with Gasteiger partial charge in [-0.05, 0) is 44.2 Å². The predicted octanol–water partition coefficient (Wildman–Crippen LogP) is 5.17. The first-order valence-corrected chi connectivity index (χ1v) is 7.97. The van der Waals surface area contributed by atoms with Crippen LogP contribution in [0.25, 0.3) is 0 Å². The SMILES string of the molecule is CCNC(C)c1ccc(Sc2ccoc2C)cc1Br. The molecule has 1 unspecified atom stereocenters. The molecule has 0 aliphatic heterocycles. The molecule has 0 fully saturated rings. The number of halogens is 1. The van der Waals surface area contributed by atoms with Crippen molar-refractivity contribution in [3.8, 4) is 0 Å². The van der Waals surface area contributed by atoms with Crippen LogP contribution in [0.5, 0.6) is 0 Å². The lowest BCUT2D eigenvalue weighted by molar-refractivity contribution is 0.527. The molecule has 2 aromatic rings. The standard InChI is InChI=1S/C15H18BrNOS/c1-4-17-10(2)13-6-5-12(9-14(13)16)19-15-7-8-18-11(15)3/h5-10,17H,4H2,1-3H3. The molecular weight excluding hydrogens is 322 g/mol. The number of hydrogen-bond acceptors (Lipinski definition) is 3. The second kappa shape index (κ2) is 6.64. The third-order valence-electron chi connectivity index (χ3n) is 2.99. The molecule has 4 heteroatoms. The maximum Gasteiger partial charge on any atom is 0.114 e. The van der Waals surface area contributed by atoms with Gasteiger partial charge in [0.15, 0.2) is 0 Å². The van der Waals surface area contributed by atoms with Crippen LogP contribution in [0.1, 0.15) is 31.2 Å². The topological polar surface area (TPSA) is 25.2 Å². The predicted molar refractivity (Wildman–Crippen MR) is 83.8 cm³/mol. The summed E-state index contributed by atoms with van der Waals surface area (Å²) in [4.78, 5) is 2.38. The van der Waals surface area contributed by atoms with Gasteiger partial charge in [0.2, 0.25) is 0 Å². The van der Waals surface area contributed by atoms with Crippen molar-refractivity contribution in [2.24, 2.45) is 0 Å². The molecule has 2 nitrogen and oxygen atoms in total. The van der Waals surface area contributed by atoms with E-state index in [0.717, 1.165) is 16.8 Å². The van der Waals surface area contributed by atoms with E-state index in [1.807, 2.05) is 13.0 Å². The summed E-state index contributed by atoms with van der Waals surface area (Å²) < 4.78 is 6.46. The van der Waals surface area contributed by atoms with Crippen LogP contribution in [-0.2, 0) is 0 Å². The highest BCUT2D eigenvalue weighted by Gasteiger charge is 2.10. The normalized spacial score (nSPS) is 12.6. The average molecular weight is 340 g/mol. The summed E-state index contributed by atoms with van der Waals surface area (Å²) in [7, 11) is 0. The Hall–Kier alpha value is -0.710. The van der Waals surface area contributed by atoms with E-state index >= 15 is 0 Å². The quantitative estimate of drug-likeness (QED) is 0.813. The molecule has 0 aliphatic carbocycles. The second-order valence-corrected chi connectivity index (χ2v) is 6.38. The van der Waals surface area contributed by atoms with Crippen LogP contribution in [0.3, 0.4) is 0 Å². The van der Waals surface area contributed by atoms with Gasteiger partial charge in [0.1, 0.15) is 5.76 Å². The number of rotatable bonds is 5. The van der Waals surface area contributed by atoms with Crippen LogP contribution in [-0.4, -0.2) is 6.54 Å². The van der Waals surface area contributed by atoms with Gasteiger partial charge in [0, 0.05) is 15.4 Å². The van der Waals surface area contributed by atoms with Crippen LogP contribution < -0.4 is 5.32 Å². The first kappa shape index (κ1) is 14.7. The van der Waals surface area contributed by atoms with Crippen LogP contribution in [0, 0.1) is 6.92 Å². The van der Waals surface area contributed by atoms with E-state index in [1.54, 1.807) is 18.0 Å². The average Bonchev–Trinajstić information content (AvgIpc) is 2.75. The molecular formula is C15H18BrNOS.